The third kappa shape index (κ3) is 4.62. The number of nitrogens with one attached hydrogen (secondary N) is 1. The van der Waals surface area contributed by atoms with Crippen LogP contribution in [0.4, 0.5) is 5.82 Å². The molecule has 0 saturated carbocycles. The first kappa shape index (κ1) is 20.7. The van der Waals surface area contributed by atoms with Crippen LogP contribution in [0.2, 0.25) is 0 Å². The Morgan fingerprint density at radius 3 is 2.68 bits per heavy atom. The Bertz CT molecular complexity index is 1100. The maximum absolute atomic E-state index is 12.6. The van der Waals surface area contributed by atoms with E-state index in [-0.39, 0.29) is 17.4 Å². The lowest BCUT2D eigenvalue weighted by Crippen LogP contribution is -2.42. The minimum atomic E-state index is -0.0608. The summed E-state index contributed by atoms with van der Waals surface area (Å²) >= 11 is 0. The molecular weight excluding hydrogens is 396 g/mol. The molecule has 0 spiro atoms. The smallest absolute Gasteiger partial charge is 0.256 e. The highest BCUT2D eigenvalue weighted by Gasteiger charge is 2.25. The molecule has 0 bridgehead atoms. The second-order valence-corrected chi connectivity index (χ2v) is 7.69. The van der Waals surface area contributed by atoms with Gasteiger partial charge in [0.25, 0.3) is 5.56 Å². The molecule has 1 amide bonds. The lowest BCUT2D eigenvalue weighted by Gasteiger charge is -2.32. The van der Waals surface area contributed by atoms with Gasteiger partial charge in [0.1, 0.15) is 12.1 Å². The number of carbonyl (C=O) groups is 1. The van der Waals surface area contributed by atoms with Crippen LogP contribution in [-0.2, 0) is 11.3 Å². The third-order valence-electron chi connectivity index (χ3n) is 5.73. The number of aromatic nitrogens is 6. The molecule has 10 nitrogen and oxygen atoms in total. The zero-order valence-corrected chi connectivity index (χ0v) is 17.7. The number of aryl methyl sites for hydroxylation is 1. The fourth-order valence-corrected chi connectivity index (χ4v) is 3.69. The lowest BCUT2D eigenvalue weighted by atomic mass is 9.96. The molecule has 1 fully saturated rings. The Labute approximate surface area is 180 Å². The fraction of sp³-hybridized carbons (Fsp3) is 0.429. The molecular formula is C21H26N8O2. The van der Waals surface area contributed by atoms with E-state index in [0.717, 1.165) is 37.4 Å². The second kappa shape index (κ2) is 9.07. The Kier molecular flexibility index (Phi) is 6.06. The molecule has 1 aliphatic rings. The monoisotopic (exact) mass is 422 g/mol. The van der Waals surface area contributed by atoms with E-state index in [0.29, 0.717) is 24.5 Å². The standard InChI is InChI=1S/C21H26N8O2/c1-15-16(2)25-14-28(21(15)31)11-7-22-20(30)17-4-9-27(10-5-17)18-12-19(24-13-23-18)29-8-3-6-26-29/h3,6,8,12-14,17H,4-5,7,9-11H2,1-2H3,(H,22,30). The molecule has 0 unspecified atom stereocenters. The van der Waals surface area contributed by atoms with Crippen molar-refractivity contribution in [3.8, 4) is 5.82 Å². The van der Waals surface area contributed by atoms with Crippen molar-refractivity contribution in [3.63, 3.8) is 0 Å². The zero-order valence-electron chi connectivity index (χ0n) is 17.7. The van der Waals surface area contributed by atoms with Crippen LogP contribution in [0, 0.1) is 19.8 Å². The third-order valence-corrected chi connectivity index (χ3v) is 5.73. The summed E-state index contributed by atoms with van der Waals surface area (Å²) in [6.45, 7) is 5.89. The molecule has 162 valence electrons. The lowest BCUT2D eigenvalue weighted by molar-refractivity contribution is -0.125. The predicted molar refractivity (Wildman–Crippen MR) is 115 cm³/mol. The molecule has 0 atom stereocenters. The quantitative estimate of drug-likeness (QED) is 0.627. The van der Waals surface area contributed by atoms with Crippen molar-refractivity contribution in [2.24, 2.45) is 5.92 Å². The van der Waals surface area contributed by atoms with Gasteiger partial charge in [-0.25, -0.2) is 19.6 Å². The molecule has 3 aromatic heterocycles. The van der Waals surface area contributed by atoms with Gasteiger partial charge in [0.15, 0.2) is 5.82 Å². The minimum absolute atomic E-state index is 0.0319. The molecule has 3 aromatic rings. The van der Waals surface area contributed by atoms with Gasteiger partial charge < -0.3 is 10.2 Å². The summed E-state index contributed by atoms with van der Waals surface area (Å²) in [6, 6.07) is 3.75. The van der Waals surface area contributed by atoms with Crippen LogP contribution in [-0.4, -0.2) is 54.8 Å². The first-order valence-corrected chi connectivity index (χ1v) is 10.4. The highest BCUT2D eigenvalue weighted by molar-refractivity contribution is 5.78. The normalized spacial score (nSPS) is 14.6. The molecule has 0 radical (unpaired) electrons. The van der Waals surface area contributed by atoms with E-state index in [4.69, 9.17) is 0 Å². The highest BCUT2D eigenvalue weighted by atomic mass is 16.2. The van der Waals surface area contributed by atoms with Crippen LogP contribution in [0.3, 0.4) is 0 Å². The van der Waals surface area contributed by atoms with E-state index in [9.17, 15) is 9.59 Å². The number of hydrogen-bond acceptors (Lipinski definition) is 7. The zero-order chi connectivity index (χ0) is 21.8. The number of piperidine rings is 1. The fourth-order valence-electron chi connectivity index (χ4n) is 3.69. The average Bonchev–Trinajstić information content (AvgIpc) is 3.34. The highest BCUT2D eigenvalue weighted by Crippen LogP contribution is 2.22. The molecule has 1 aliphatic heterocycles. The maximum Gasteiger partial charge on any atom is 0.256 e. The van der Waals surface area contributed by atoms with Gasteiger partial charge in [0.05, 0.1) is 6.33 Å². The molecule has 1 saturated heterocycles. The van der Waals surface area contributed by atoms with Crippen molar-refractivity contribution in [3.05, 3.63) is 58.8 Å². The molecule has 0 aliphatic carbocycles. The summed E-state index contributed by atoms with van der Waals surface area (Å²) < 4.78 is 3.24. The largest absolute Gasteiger partial charge is 0.356 e. The Hall–Kier alpha value is -3.56. The second-order valence-electron chi connectivity index (χ2n) is 7.69. The number of rotatable bonds is 6. The number of nitrogens with zero attached hydrogens (tertiary/aromatic N) is 7. The SMILES string of the molecule is Cc1ncn(CCNC(=O)C2CCN(c3cc(-n4cccn4)ncn3)CC2)c(=O)c1C. The Morgan fingerprint density at radius 2 is 1.94 bits per heavy atom. The van der Waals surface area contributed by atoms with Crippen molar-refractivity contribution in [2.45, 2.75) is 33.2 Å². The van der Waals surface area contributed by atoms with Crippen molar-refractivity contribution in [1.29, 1.82) is 0 Å². The molecule has 10 heteroatoms. The molecule has 0 aromatic carbocycles. The Balaban J connectivity index is 1.28. The minimum Gasteiger partial charge on any atom is -0.356 e. The number of carbonyl (C=O) groups excluding carboxylic acids is 1. The van der Waals surface area contributed by atoms with Gasteiger partial charge in [-0.2, -0.15) is 5.10 Å². The number of anilines is 1. The first-order valence-electron chi connectivity index (χ1n) is 10.4. The van der Waals surface area contributed by atoms with Crippen LogP contribution in [0.25, 0.3) is 5.82 Å². The summed E-state index contributed by atoms with van der Waals surface area (Å²) in [6.07, 6.45) is 8.11. The topological polar surface area (TPSA) is 111 Å². The van der Waals surface area contributed by atoms with E-state index in [2.05, 4.69) is 30.3 Å². The van der Waals surface area contributed by atoms with Crippen LogP contribution in [0.1, 0.15) is 24.1 Å². The summed E-state index contributed by atoms with van der Waals surface area (Å²) in [4.78, 5) is 39.8. The van der Waals surface area contributed by atoms with Gasteiger partial charge in [0, 0.05) is 61.8 Å². The molecule has 4 heterocycles. The van der Waals surface area contributed by atoms with Crippen molar-refractivity contribution < 1.29 is 4.79 Å². The van der Waals surface area contributed by atoms with Gasteiger partial charge in [0.2, 0.25) is 5.91 Å². The van der Waals surface area contributed by atoms with Crippen molar-refractivity contribution in [2.75, 3.05) is 24.5 Å². The molecule has 1 N–H and O–H groups in total. The Morgan fingerprint density at radius 1 is 1.16 bits per heavy atom. The van der Waals surface area contributed by atoms with Gasteiger partial charge >= 0.3 is 0 Å². The van der Waals surface area contributed by atoms with Gasteiger partial charge in [-0.05, 0) is 32.8 Å². The summed E-state index contributed by atoms with van der Waals surface area (Å²) in [7, 11) is 0. The van der Waals surface area contributed by atoms with E-state index >= 15 is 0 Å². The van der Waals surface area contributed by atoms with Crippen LogP contribution < -0.4 is 15.8 Å². The average molecular weight is 422 g/mol. The van der Waals surface area contributed by atoms with Gasteiger partial charge in [-0.3, -0.25) is 14.2 Å². The summed E-state index contributed by atoms with van der Waals surface area (Å²) in [5, 5.41) is 7.16. The number of amides is 1. The molecule has 4 rings (SSSR count). The first-order chi connectivity index (χ1) is 15.0. The van der Waals surface area contributed by atoms with Crippen molar-refractivity contribution in [1.82, 2.24) is 34.6 Å². The van der Waals surface area contributed by atoms with E-state index in [1.807, 2.05) is 25.3 Å². The predicted octanol–water partition coefficient (Wildman–Crippen LogP) is 0.869. The molecule has 31 heavy (non-hydrogen) atoms. The summed E-state index contributed by atoms with van der Waals surface area (Å²) in [5.41, 5.74) is 1.31. The van der Waals surface area contributed by atoms with E-state index in [1.54, 1.807) is 17.8 Å². The van der Waals surface area contributed by atoms with Gasteiger partial charge in [-0.1, -0.05) is 0 Å². The van der Waals surface area contributed by atoms with Crippen LogP contribution in [0.5, 0.6) is 0 Å². The maximum atomic E-state index is 12.6. The summed E-state index contributed by atoms with van der Waals surface area (Å²) in [5.74, 6) is 1.54. The van der Waals surface area contributed by atoms with Crippen molar-refractivity contribution >= 4 is 11.7 Å². The van der Waals surface area contributed by atoms with E-state index < -0.39 is 0 Å². The van der Waals surface area contributed by atoms with Crippen LogP contribution in [0.15, 0.2) is 42.0 Å². The van der Waals surface area contributed by atoms with Gasteiger partial charge in [-0.15, -0.1) is 0 Å². The van der Waals surface area contributed by atoms with E-state index in [1.165, 1.54) is 17.2 Å². The van der Waals surface area contributed by atoms with Crippen LogP contribution >= 0.6 is 0 Å². The number of hydrogen-bond donors (Lipinski definition) is 1.